The fourth-order valence-corrected chi connectivity index (χ4v) is 4.82. The summed E-state index contributed by atoms with van der Waals surface area (Å²) in [5.41, 5.74) is 2.08. The lowest BCUT2D eigenvalue weighted by molar-refractivity contribution is -0.0492. The van der Waals surface area contributed by atoms with E-state index in [1.54, 1.807) is 59.5 Å². The molecule has 0 saturated heterocycles. The summed E-state index contributed by atoms with van der Waals surface area (Å²) in [6.07, 6.45) is 0.979. The zero-order chi connectivity index (χ0) is 23.8. The van der Waals surface area contributed by atoms with E-state index < -0.39 is 40.5 Å². The van der Waals surface area contributed by atoms with Crippen LogP contribution in [0.2, 0.25) is 0 Å². The first-order valence-corrected chi connectivity index (χ1v) is 11.4. The van der Waals surface area contributed by atoms with Crippen LogP contribution in [-0.4, -0.2) is 29.8 Å². The van der Waals surface area contributed by atoms with Crippen LogP contribution in [0.25, 0.3) is 0 Å². The summed E-state index contributed by atoms with van der Waals surface area (Å²) in [6, 6.07) is 15.9. The van der Waals surface area contributed by atoms with E-state index in [1.807, 2.05) is 0 Å². The van der Waals surface area contributed by atoms with Gasteiger partial charge in [0.1, 0.15) is 0 Å². The molecule has 174 valence electrons. The summed E-state index contributed by atoms with van der Waals surface area (Å²) in [5, 5.41) is 0. The number of alkyl halides is 3. The van der Waals surface area contributed by atoms with Crippen molar-refractivity contribution >= 4 is 21.4 Å². The molecule has 6 nitrogen and oxygen atoms in total. The van der Waals surface area contributed by atoms with Gasteiger partial charge in [-0.15, -0.1) is 0 Å². The Morgan fingerprint density at radius 3 is 2.39 bits per heavy atom. The van der Waals surface area contributed by atoms with E-state index in [4.69, 9.17) is 5.73 Å². The monoisotopic (exact) mass is 480 g/mol. The highest BCUT2D eigenvalue weighted by Gasteiger charge is 2.51. The van der Waals surface area contributed by atoms with Crippen LogP contribution in [0, 0.1) is 5.82 Å². The van der Waals surface area contributed by atoms with Gasteiger partial charge in [0.2, 0.25) is 0 Å². The first-order valence-electron chi connectivity index (χ1n) is 9.94. The van der Waals surface area contributed by atoms with E-state index in [2.05, 4.69) is 4.98 Å². The van der Waals surface area contributed by atoms with Crippen molar-refractivity contribution in [3.8, 4) is 0 Å². The molecule has 1 aliphatic heterocycles. The summed E-state index contributed by atoms with van der Waals surface area (Å²) in [5.74, 6) is -0.683. The van der Waals surface area contributed by atoms with Crippen LogP contribution < -0.4 is 10.6 Å². The van der Waals surface area contributed by atoms with E-state index >= 15 is 0 Å². The standard InChI is InChI=1S/C22H20F4N4O2S/c23-18-11-28-17(10-19(18)27)13-30-20-9-5-4-8-16(20)12-29(33(31,32)22(24,25)26)14-21(30)15-6-2-1-3-7-15/h1-11,21H,12-14H2,(H2,27,28)/t21-/m1/s1. The third-order valence-corrected chi connectivity index (χ3v) is 7.03. The van der Waals surface area contributed by atoms with Crippen LogP contribution in [0.3, 0.4) is 0 Å². The molecule has 0 unspecified atom stereocenters. The molecule has 0 bridgehead atoms. The van der Waals surface area contributed by atoms with Crippen LogP contribution >= 0.6 is 0 Å². The Labute approximate surface area is 188 Å². The van der Waals surface area contributed by atoms with Crippen LogP contribution in [0.4, 0.5) is 28.9 Å². The molecule has 0 spiro atoms. The number of pyridine rings is 1. The van der Waals surface area contributed by atoms with Gasteiger partial charge < -0.3 is 10.6 Å². The number of para-hydroxylation sites is 1. The number of benzene rings is 2. The number of sulfonamides is 1. The maximum Gasteiger partial charge on any atom is 0.511 e. The number of rotatable bonds is 4. The third kappa shape index (κ3) is 4.51. The molecule has 2 aromatic carbocycles. The van der Waals surface area contributed by atoms with Gasteiger partial charge in [0, 0.05) is 18.8 Å². The van der Waals surface area contributed by atoms with Crippen molar-refractivity contribution in [2.75, 3.05) is 17.2 Å². The second-order valence-corrected chi connectivity index (χ2v) is 9.55. The summed E-state index contributed by atoms with van der Waals surface area (Å²) in [6.45, 7) is -0.824. The Balaban J connectivity index is 1.86. The molecular weight excluding hydrogens is 460 g/mol. The molecule has 4 rings (SSSR count). The van der Waals surface area contributed by atoms with Crippen molar-refractivity contribution < 1.29 is 26.0 Å². The molecule has 11 heteroatoms. The van der Waals surface area contributed by atoms with Crippen LogP contribution in [0.5, 0.6) is 0 Å². The highest BCUT2D eigenvalue weighted by atomic mass is 32.2. The molecular formula is C22H20F4N4O2S. The number of hydrogen-bond donors (Lipinski definition) is 1. The number of nitrogen functional groups attached to an aromatic ring is 1. The van der Waals surface area contributed by atoms with Gasteiger partial charge in [-0.05, 0) is 23.3 Å². The Hall–Kier alpha value is -3.18. The number of nitrogens with two attached hydrogens (primary N) is 1. The SMILES string of the molecule is Nc1cc(CN2c3ccccc3CN(S(=O)(=O)C(F)(F)F)C[C@@H]2c2ccccc2)ncc1F. The molecule has 0 fully saturated rings. The van der Waals surface area contributed by atoms with Crippen LogP contribution in [-0.2, 0) is 23.1 Å². The van der Waals surface area contributed by atoms with Crippen molar-refractivity contribution in [1.82, 2.24) is 9.29 Å². The van der Waals surface area contributed by atoms with Crippen molar-refractivity contribution in [3.63, 3.8) is 0 Å². The number of aromatic nitrogens is 1. The zero-order valence-corrected chi connectivity index (χ0v) is 18.0. The molecule has 1 aromatic heterocycles. The van der Waals surface area contributed by atoms with Crippen molar-refractivity contribution in [2.45, 2.75) is 24.6 Å². The quantitative estimate of drug-likeness (QED) is 0.566. The van der Waals surface area contributed by atoms with Crippen molar-refractivity contribution in [1.29, 1.82) is 0 Å². The Bertz CT molecular complexity index is 1250. The first-order chi connectivity index (χ1) is 15.6. The lowest BCUT2D eigenvalue weighted by Crippen LogP contribution is -2.43. The predicted octanol–water partition coefficient (Wildman–Crippen LogP) is 4.22. The molecule has 0 saturated carbocycles. The molecule has 2 heterocycles. The molecule has 1 atom stereocenters. The number of hydrogen-bond acceptors (Lipinski definition) is 5. The van der Waals surface area contributed by atoms with Gasteiger partial charge in [0.15, 0.2) is 5.82 Å². The average Bonchev–Trinajstić information content (AvgIpc) is 2.94. The molecule has 33 heavy (non-hydrogen) atoms. The Morgan fingerprint density at radius 1 is 1.06 bits per heavy atom. The lowest BCUT2D eigenvalue weighted by atomic mass is 10.0. The topological polar surface area (TPSA) is 79.5 Å². The molecule has 0 aliphatic carbocycles. The van der Waals surface area contributed by atoms with Gasteiger partial charge in [0.25, 0.3) is 0 Å². The number of anilines is 2. The minimum absolute atomic E-state index is 0.0704. The minimum atomic E-state index is -5.59. The van der Waals surface area contributed by atoms with Crippen LogP contribution in [0.15, 0.2) is 66.9 Å². The molecule has 2 N–H and O–H groups in total. The number of nitrogens with zero attached hydrogens (tertiary/aromatic N) is 3. The summed E-state index contributed by atoms with van der Waals surface area (Å²) in [4.78, 5) is 5.84. The maximum atomic E-state index is 13.6. The van der Waals surface area contributed by atoms with Gasteiger partial charge in [-0.25, -0.2) is 12.8 Å². The van der Waals surface area contributed by atoms with Gasteiger partial charge in [0.05, 0.1) is 30.2 Å². The van der Waals surface area contributed by atoms with E-state index in [0.717, 1.165) is 6.20 Å². The molecule has 1 aliphatic rings. The predicted molar refractivity (Wildman–Crippen MR) is 116 cm³/mol. The normalized spacial score (nSPS) is 17.5. The first kappa shape index (κ1) is 23.0. The number of halogens is 4. The van der Waals surface area contributed by atoms with E-state index in [-0.39, 0.29) is 12.2 Å². The fraction of sp³-hybridized carbons (Fsp3) is 0.227. The zero-order valence-electron chi connectivity index (χ0n) is 17.2. The third-order valence-electron chi connectivity index (χ3n) is 5.49. The van der Waals surface area contributed by atoms with Crippen LogP contribution in [0.1, 0.15) is 22.9 Å². The smallest absolute Gasteiger partial charge is 0.396 e. The molecule has 3 aromatic rings. The Kier molecular flexibility index (Phi) is 6.02. The fourth-order valence-electron chi connectivity index (χ4n) is 3.88. The minimum Gasteiger partial charge on any atom is -0.396 e. The number of fused-ring (bicyclic) bond motifs is 1. The Morgan fingerprint density at radius 2 is 1.73 bits per heavy atom. The highest BCUT2D eigenvalue weighted by Crippen LogP contribution is 2.39. The second-order valence-electron chi connectivity index (χ2n) is 7.62. The van der Waals surface area contributed by atoms with Gasteiger partial charge in [-0.2, -0.15) is 17.5 Å². The van der Waals surface area contributed by atoms with Gasteiger partial charge in [-0.1, -0.05) is 48.5 Å². The largest absolute Gasteiger partial charge is 0.511 e. The molecule has 0 radical (unpaired) electrons. The van der Waals surface area contributed by atoms with E-state index in [0.29, 0.717) is 26.8 Å². The van der Waals surface area contributed by atoms with Gasteiger partial charge >= 0.3 is 15.5 Å². The van der Waals surface area contributed by atoms with E-state index in [9.17, 15) is 26.0 Å². The van der Waals surface area contributed by atoms with Gasteiger partial charge in [-0.3, -0.25) is 4.98 Å². The average molecular weight is 480 g/mol. The van der Waals surface area contributed by atoms with Crippen molar-refractivity contribution in [2.24, 2.45) is 0 Å². The second kappa shape index (κ2) is 8.64. The maximum absolute atomic E-state index is 13.6. The molecule has 0 amide bonds. The summed E-state index contributed by atoms with van der Waals surface area (Å²) in [7, 11) is -5.59. The van der Waals surface area contributed by atoms with E-state index in [1.165, 1.54) is 6.07 Å². The highest BCUT2D eigenvalue weighted by molar-refractivity contribution is 7.89. The lowest BCUT2D eigenvalue weighted by Gasteiger charge is -2.34. The summed E-state index contributed by atoms with van der Waals surface area (Å²) >= 11 is 0. The van der Waals surface area contributed by atoms with Crippen molar-refractivity contribution in [3.05, 3.63) is 89.5 Å². The summed E-state index contributed by atoms with van der Waals surface area (Å²) < 4.78 is 79.3.